The molecular formula is C88H116O4P4. The largest absolute Gasteiger partial charge is 0.313 e. The van der Waals surface area contributed by atoms with Crippen molar-refractivity contribution in [1.29, 1.82) is 0 Å². The molecule has 4 fully saturated rings. The van der Waals surface area contributed by atoms with Crippen LogP contribution in [-0.2, 0) is 18.3 Å². The molecule has 0 amide bonds. The van der Waals surface area contributed by atoms with Crippen molar-refractivity contribution in [1.82, 2.24) is 0 Å². The minimum Gasteiger partial charge on any atom is -0.313 e. The van der Waals surface area contributed by atoms with Crippen LogP contribution in [0.4, 0.5) is 0 Å². The Labute approximate surface area is 582 Å². The van der Waals surface area contributed by atoms with E-state index >= 15 is 0 Å². The molecule has 0 heterocycles. The van der Waals surface area contributed by atoms with Crippen LogP contribution in [-0.4, -0.2) is 22.6 Å². The normalized spacial score (nSPS) is 24.9. The molecule has 0 bridgehead atoms. The summed E-state index contributed by atoms with van der Waals surface area (Å²) in [5.41, 5.74) is 1.02. The SMILES string of the molecule is CC(C)[C@@H]1CC[C@@H](C)C[C@H]1P(=O)(c1ccccc1)c1ccccc1.CC(C)[C@@H]1CC[C@@H](C)C[C@H]1P(=O)(c1ccccc1)c1ccccc1.CC(C)[C@@H]1CC[C@@H](C)C[C@H]1P(=O)(c1ccccc1)c1ccccc1.CC(C)[C@@H]1CC[C@@H](C)C[C@H]1P(=O)(c1ccccc1)c1ccccc1. The van der Waals surface area contributed by atoms with Crippen molar-refractivity contribution < 1.29 is 18.3 Å². The van der Waals surface area contributed by atoms with Crippen LogP contribution in [0.1, 0.15) is 160 Å². The van der Waals surface area contributed by atoms with E-state index in [0.29, 0.717) is 71.0 Å². The van der Waals surface area contributed by atoms with E-state index in [4.69, 9.17) is 0 Å². The molecule has 0 radical (unpaired) electrons. The van der Waals surface area contributed by atoms with E-state index in [1.807, 2.05) is 146 Å². The van der Waals surface area contributed by atoms with E-state index in [-0.39, 0.29) is 22.6 Å². The lowest BCUT2D eigenvalue weighted by molar-refractivity contribution is 0.238. The average molecular weight is 1360 g/mol. The zero-order valence-corrected chi connectivity index (χ0v) is 63.8. The Morgan fingerprint density at radius 1 is 0.219 bits per heavy atom. The predicted molar refractivity (Wildman–Crippen MR) is 420 cm³/mol. The van der Waals surface area contributed by atoms with Crippen molar-refractivity contribution >= 4 is 71.0 Å². The molecule has 0 N–H and O–H groups in total. The van der Waals surface area contributed by atoms with Gasteiger partial charge in [0.1, 0.15) is 28.6 Å². The second-order valence-electron chi connectivity index (χ2n) is 30.9. The van der Waals surface area contributed by atoms with Gasteiger partial charge in [0.05, 0.1) is 0 Å². The molecule has 4 nitrogen and oxygen atoms in total. The first-order valence-corrected chi connectivity index (χ1v) is 44.1. The summed E-state index contributed by atoms with van der Waals surface area (Å²) in [6.45, 7) is 27.7. The van der Waals surface area contributed by atoms with Crippen molar-refractivity contribution in [2.45, 2.75) is 183 Å². The fourth-order valence-electron chi connectivity index (χ4n) is 17.6. The van der Waals surface area contributed by atoms with Gasteiger partial charge in [-0.1, -0.05) is 351 Å². The predicted octanol–water partition coefficient (Wildman–Crippen LogP) is 21.8. The number of rotatable bonds is 16. The summed E-state index contributed by atoms with van der Waals surface area (Å²) in [7, 11) is -10.6. The highest BCUT2D eigenvalue weighted by Gasteiger charge is 2.49. The molecule has 0 spiro atoms. The van der Waals surface area contributed by atoms with Crippen LogP contribution in [0.25, 0.3) is 0 Å². The van der Waals surface area contributed by atoms with Crippen molar-refractivity contribution in [3.8, 4) is 0 Å². The van der Waals surface area contributed by atoms with Gasteiger partial charge < -0.3 is 18.3 Å². The highest BCUT2D eigenvalue weighted by molar-refractivity contribution is 7.80. The lowest BCUT2D eigenvalue weighted by Gasteiger charge is -2.42. The molecule has 0 aliphatic heterocycles. The Hall–Kier alpha value is -5.32. The smallest absolute Gasteiger partial charge is 0.146 e. The topological polar surface area (TPSA) is 68.3 Å². The quantitative estimate of drug-likeness (QED) is 0.0904. The van der Waals surface area contributed by atoms with Gasteiger partial charge in [-0.3, -0.25) is 0 Å². The second-order valence-corrected chi connectivity index (χ2v) is 42.9. The Bertz CT molecular complexity index is 3100. The van der Waals surface area contributed by atoms with Gasteiger partial charge in [0.2, 0.25) is 0 Å². The van der Waals surface area contributed by atoms with Crippen LogP contribution in [0, 0.1) is 71.0 Å². The number of hydrogen-bond donors (Lipinski definition) is 0. The van der Waals surface area contributed by atoms with Crippen LogP contribution in [0.5, 0.6) is 0 Å². The Morgan fingerprint density at radius 3 is 0.458 bits per heavy atom. The van der Waals surface area contributed by atoms with E-state index in [1.165, 1.54) is 51.4 Å². The monoisotopic (exact) mass is 1360 g/mol. The highest BCUT2D eigenvalue weighted by Crippen LogP contribution is 2.62. The van der Waals surface area contributed by atoms with Gasteiger partial charge in [-0.2, -0.15) is 0 Å². The van der Waals surface area contributed by atoms with Crippen molar-refractivity contribution in [3.05, 3.63) is 243 Å². The van der Waals surface area contributed by atoms with E-state index in [9.17, 15) is 18.3 Å². The maximum absolute atomic E-state index is 14.6. The molecule has 0 aromatic heterocycles. The van der Waals surface area contributed by atoms with Gasteiger partial charge in [0, 0.05) is 65.1 Å². The summed E-state index contributed by atoms with van der Waals surface area (Å²) in [6.07, 6.45) is 14.2. The zero-order chi connectivity index (χ0) is 68.6. The molecular weight excluding hydrogens is 1240 g/mol. The Balaban J connectivity index is 0.000000150. The first-order chi connectivity index (χ1) is 46.1. The van der Waals surface area contributed by atoms with Gasteiger partial charge in [0.25, 0.3) is 0 Å². The highest BCUT2D eigenvalue weighted by atomic mass is 31.2. The minimum atomic E-state index is -2.65. The Morgan fingerprint density at radius 2 is 0.344 bits per heavy atom. The van der Waals surface area contributed by atoms with E-state index in [2.05, 4.69) is 180 Å². The second kappa shape index (κ2) is 34.6. The molecule has 8 heteroatoms. The third kappa shape index (κ3) is 17.3. The van der Waals surface area contributed by atoms with Crippen molar-refractivity contribution in [2.75, 3.05) is 0 Å². The van der Waals surface area contributed by atoms with Crippen LogP contribution in [0.2, 0.25) is 0 Å². The molecule has 12 atom stereocenters. The van der Waals surface area contributed by atoms with Crippen LogP contribution in [0.3, 0.4) is 0 Å². The van der Waals surface area contributed by atoms with Gasteiger partial charge in [0.15, 0.2) is 0 Å². The summed E-state index contributed by atoms with van der Waals surface area (Å²) >= 11 is 0. The van der Waals surface area contributed by atoms with Crippen LogP contribution < -0.4 is 42.4 Å². The van der Waals surface area contributed by atoms with Gasteiger partial charge in [-0.25, -0.2) is 0 Å². The summed E-state index contributed by atoms with van der Waals surface area (Å²) in [4.78, 5) is 0. The maximum Gasteiger partial charge on any atom is 0.146 e. The fraction of sp³-hybridized carbons (Fsp3) is 0.455. The van der Waals surface area contributed by atoms with Crippen LogP contribution in [0.15, 0.2) is 243 Å². The molecule has 0 unspecified atom stereocenters. The van der Waals surface area contributed by atoms with Gasteiger partial charge >= 0.3 is 0 Å². The standard InChI is InChI=1S/4C22H29OP/c4*1-17(2)21-15-14-18(3)16-22(21)24(23,19-10-6-4-7-11-19)20-12-8-5-9-13-20/h4*4-13,17-18,21-22H,14-16H2,1-3H3/t4*18-,21+,22-/m1111/s1. The molecule has 8 aromatic carbocycles. The van der Waals surface area contributed by atoms with Gasteiger partial charge in [-0.15, -0.1) is 0 Å². The Kier molecular flexibility index (Phi) is 27.0. The molecule has 8 aromatic rings. The summed E-state index contributed by atoms with van der Waals surface area (Å²) in [6, 6.07) is 81.8. The van der Waals surface area contributed by atoms with E-state index < -0.39 is 28.6 Å². The zero-order valence-electron chi connectivity index (χ0n) is 60.2. The lowest BCUT2D eigenvalue weighted by Crippen LogP contribution is -2.38. The summed E-state index contributed by atoms with van der Waals surface area (Å²) < 4.78 is 58.5. The summed E-state index contributed by atoms with van der Waals surface area (Å²) in [5.74, 6) is 7.06. The minimum absolute atomic E-state index is 0.256. The maximum atomic E-state index is 14.6. The third-order valence-corrected chi connectivity index (χ3v) is 37.6. The fourth-order valence-corrected chi connectivity index (χ4v) is 33.5. The molecule has 4 aliphatic rings. The average Bonchev–Trinajstić information content (AvgIpc) is 0.783. The molecule has 4 saturated carbocycles. The van der Waals surface area contributed by atoms with Crippen molar-refractivity contribution in [3.63, 3.8) is 0 Å². The molecule has 0 saturated heterocycles. The van der Waals surface area contributed by atoms with E-state index in [1.54, 1.807) is 0 Å². The molecule has 12 rings (SSSR count). The van der Waals surface area contributed by atoms with Crippen LogP contribution >= 0.6 is 28.6 Å². The van der Waals surface area contributed by atoms with Crippen molar-refractivity contribution in [2.24, 2.45) is 71.0 Å². The lowest BCUT2D eigenvalue weighted by atomic mass is 9.77. The first kappa shape index (κ1) is 74.9. The molecule has 4 aliphatic carbocycles. The third-order valence-electron chi connectivity index (χ3n) is 22.9. The van der Waals surface area contributed by atoms with Gasteiger partial charge in [-0.05, 0) is 122 Å². The number of hydrogen-bond acceptors (Lipinski definition) is 4. The molecule has 512 valence electrons. The summed E-state index contributed by atoms with van der Waals surface area (Å²) in [5, 5.41) is 8.23. The van der Waals surface area contributed by atoms with E-state index in [0.717, 1.165) is 68.1 Å². The molecule has 96 heavy (non-hydrogen) atoms. The first-order valence-electron chi connectivity index (χ1n) is 37.0. The number of benzene rings is 8.